The molecule has 5 heteroatoms. The Morgan fingerprint density at radius 2 is 1.38 bits per heavy atom. The van der Waals surface area contributed by atoms with Gasteiger partial charge in [-0.2, -0.15) is 10.5 Å². The maximum absolute atomic E-state index is 12.8. The van der Waals surface area contributed by atoms with E-state index >= 15 is 0 Å². The molecule has 0 saturated heterocycles. The molecule has 0 fully saturated rings. The molecule has 2 N–H and O–H groups in total. The highest BCUT2D eigenvalue weighted by Gasteiger charge is 2.19. The fourth-order valence-corrected chi connectivity index (χ4v) is 2.80. The first-order valence-corrected chi connectivity index (χ1v) is 8.99. The second-order valence-electron chi connectivity index (χ2n) is 6.23. The van der Waals surface area contributed by atoms with E-state index in [1.807, 2.05) is 72.8 Å². The largest absolute Gasteiger partial charge is 0.360 e. The second-order valence-corrected chi connectivity index (χ2v) is 6.23. The van der Waals surface area contributed by atoms with Gasteiger partial charge in [0.05, 0.1) is 17.7 Å². The molecule has 0 saturated carbocycles. The summed E-state index contributed by atoms with van der Waals surface area (Å²) < 4.78 is 0. The van der Waals surface area contributed by atoms with Gasteiger partial charge in [-0.25, -0.2) is 0 Å². The van der Waals surface area contributed by atoms with Gasteiger partial charge in [0.25, 0.3) is 5.91 Å². The summed E-state index contributed by atoms with van der Waals surface area (Å²) in [5, 5.41) is 24.2. The number of rotatable bonds is 6. The van der Waals surface area contributed by atoms with Gasteiger partial charge >= 0.3 is 0 Å². The van der Waals surface area contributed by atoms with Crippen LogP contribution in [0.4, 0.5) is 5.69 Å². The third-order valence-electron chi connectivity index (χ3n) is 4.30. The van der Waals surface area contributed by atoms with Crippen molar-refractivity contribution in [2.75, 3.05) is 5.32 Å². The standard InChI is InChI=1S/C24H18N4O/c25-15-18-11-13-22(14-12-18)27-17-21(16-26)24(29)28-23(19-7-3-1-4-8-19)20-9-5-2-6-10-20/h1-14,17,23,27H,(H,28,29)/b21-17-. The monoisotopic (exact) mass is 378 g/mol. The first-order valence-electron chi connectivity index (χ1n) is 8.99. The molecule has 0 unspecified atom stereocenters. The highest BCUT2D eigenvalue weighted by atomic mass is 16.1. The van der Waals surface area contributed by atoms with Gasteiger partial charge in [-0.05, 0) is 35.4 Å². The van der Waals surface area contributed by atoms with Crippen LogP contribution in [0.15, 0.2) is 96.7 Å². The van der Waals surface area contributed by atoms with Crippen molar-refractivity contribution in [2.24, 2.45) is 0 Å². The molecule has 3 rings (SSSR count). The van der Waals surface area contributed by atoms with E-state index in [4.69, 9.17) is 5.26 Å². The van der Waals surface area contributed by atoms with Crippen molar-refractivity contribution in [1.82, 2.24) is 5.32 Å². The first kappa shape index (κ1) is 19.4. The zero-order valence-corrected chi connectivity index (χ0v) is 15.5. The minimum Gasteiger partial charge on any atom is -0.360 e. The van der Waals surface area contributed by atoms with Crippen LogP contribution < -0.4 is 10.6 Å². The van der Waals surface area contributed by atoms with Crippen LogP contribution in [0.1, 0.15) is 22.7 Å². The van der Waals surface area contributed by atoms with E-state index in [1.165, 1.54) is 6.20 Å². The highest BCUT2D eigenvalue weighted by Crippen LogP contribution is 2.22. The summed E-state index contributed by atoms with van der Waals surface area (Å²) in [6.45, 7) is 0. The molecule has 3 aromatic rings. The number of nitrogens with zero attached hydrogens (tertiary/aromatic N) is 2. The fourth-order valence-electron chi connectivity index (χ4n) is 2.80. The van der Waals surface area contributed by atoms with E-state index < -0.39 is 5.91 Å². The smallest absolute Gasteiger partial charge is 0.264 e. The van der Waals surface area contributed by atoms with E-state index in [9.17, 15) is 10.1 Å². The SMILES string of the molecule is N#C/C(=C/Nc1ccc(C#N)cc1)C(=O)NC(c1ccccc1)c1ccccc1. The molecular formula is C24H18N4O. The van der Waals surface area contributed by atoms with Crippen molar-refractivity contribution in [2.45, 2.75) is 6.04 Å². The minimum absolute atomic E-state index is 0.0498. The zero-order valence-electron chi connectivity index (χ0n) is 15.5. The maximum atomic E-state index is 12.8. The number of nitrogens with one attached hydrogen (secondary N) is 2. The van der Waals surface area contributed by atoms with Gasteiger partial charge in [-0.1, -0.05) is 60.7 Å². The molecule has 0 aromatic heterocycles. The summed E-state index contributed by atoms with van der Waals surface area (Å²) >= 11 is 0. The molecule has 5 nitrogen and oxygen atoms in total. The molecule has 0 aliphatic heterocycles. The number of benzene rings is 3. The normalized spacial score (nSPS) is 10.7. The lowest BCUT2D eigenvalue weighted by Crippen LogP contribution is -2.30. The van der Waals surface area contributed by atoms with Gasteiger partial charge in [0.2, 0.25) is 0 Å². The van der Waals surface area contributed by atoms with Crippen LogP contribution in [0.2, 0.25) is 0 Å². The van der Waals surface area contributed by atoms with Crippen LogP contribution in [-0.2, 0) is 4.79 Å². The van der Waals surface area contributed by atoms with Gasteiger partial charge in [0.1, 0.15) is 11.6 Å². The summed E-state index contributed by atoms with van der Waals surface area (Å²) in [7, 11) is 0. The van der Waals surface area contributed by atoms with E-state index in [0.717, 1.165) is 11.1 Å². The third kappa shape index (κ3) is 5.09. The number of carbonyl (C=O) groups excluding carboxylic acids is 1. The maximum Gasteiger partial charge on any atom is 0.264 e. The molecule has 140 valence electrons. The predicted octanol–water partition coefficient (Wildman–Crippen LogP) is 4.28. The van der Waals surface area contributed by atoms with E-state index in [0.29, 0.717) is 11.3 Å². The lowest BCUT2D eigenvalue weighted by Gasteiger charge is -2.19. The Labute approximate surface area is 169 Å². The number of hydrogen-bond donors (Lipinski definition) is 2. The minimum atomic E-state index is -0.480. The molecule has 0 radical (unpaired) electrons. The molecule has 1 amide bonds. The summed E-state index contributed by atoms with van der Waals surface area (Å²) in [6.07, 6.45) is 1.36. The Morgan fingerprint density at radius 1 is 0.828 bits per heavy atom. The van der Waals surface area contributed by atoms with Gasteiger partial charge in [0, 0.05) is 11.9 Å². The number of amides is 1. The number of hydrogen-bond acceptors (Lipinski definition) is 4. The van der Waals surface area contributed by atoms with Crippen molar-refractivity contribution in [1.29, 1.82) is 10.5 Å². The van der Waals surface area contributed by atoms with Crippen LogP contribution >= 0.6 is 0 Å². The molecule has 0 heterocycles. The van der Waals surface area contributed by atoms with Crippen molar-refractivity contribution in [3.63, 3.8) is 0 Å². The van der Waals surface area contributed by atoms with Gasteiger partial charge in [-0.15, -0.1) is 0 Å². The molecule has 0 aliphatic carbocycles. The molecule has 29 heavy (non-hydrogen) atoms. The molecule has 0 spiro atoms. The van der Waals surface area contributed by atoms with E-state index in [1.54, 1.807) is 24.3 Å². The summed E-state index contributed by atoms with van der Waals surface area (Å²) in [4.78, 5) is 12.8. The van der Waals surface area contributed by atoms with Gasteiger partial charge < -0.3 is 10.6 Å². The quantitative estimate of drug-likeness (QED) is 0.495. The summed E-state index contributed by atoms with van der Waals surface area (Å²) in [5.41, 5.74) is 3.00. The molecule has 0 aliphatic rings. The second kappa shape index (κ2) is 9.55. The average Bonchev–Trinajstić information content (AvgIpc) is 2.79. The predicted molar refractivity (Wildman–Crippen MR) is 111 cm³/mol. The Hall–Kier alpha value is -4.35. The Morgan fingerprint density at radius 3 is 1.86 bits per heavy atom. The van der Waals surface area contributed by atoms with Crippen molar-refractivity contribution in [3.05, 3.63) is 113 Å². The van der Waals surface area contributed by atoms with E-state index in [2.05, 4.69) is 10.6 Å². The Bertz CT molecular complexity index is 1040. The van der Waals surface area contributed by atoms with Crippen LogP contribution in [0.5, 0.6) is 0 Å². The number of nitriles is 2. The van der Waals surface area contributed by atoms with Crippen LogP contribution in [-0.4, -0.2) is 5.91 Å². The van der Waals surface area contributed by atoms with Crippen molar-refractivity contribution < 1.29 is 4.79 Å². The molecule has 3 aromatic carbocycles. The zero-order chi connectivity index (χ0) is 20.5. The van der Waals surface area contributed by atoms with Crippen LogP contribution in [0.25, 0.3) is 0 Å². The Balaban J connectivity index is 1.80. The number of anilines is 1. The molecular weight excluding hydrogens is 360 g/mol. The Kier molecular flexibility index (Phi) is 6.39. The summed E-state index contributed by atoms with van der Waals surface area (Å²) in [6, 6.07) is 29.5. The van der Waals surface area contributed by atoms with Gasteiger partial charge in [-0.3, -0.25) is 4.79 Å². The third-order valence-corrected chi connectivity index (χ3v) is 4.30. The van der Waals surface area contributed by atoms with Crippen molar-refractivity contribution in [3.8, 4) is 12.1 Å². The van der Waals surface area contributed by atoms with Crippen molar-refractivity contribution >= 4 is 11.6 Å². The van der Waals surface area contributed by atoms with Crippen LogP contribution in [0.3, 0.4) is 0 Å². The topological polar surface area (TPSA) is 88.7 Å². The lowest BCUT2D eigenvalue weighted by atomic mass is 9.98. The van der Waals surface area contributed by atoms with Crippen LogP contribution in [0, 0.1) is 22.7 Å². The number of carbonyl (C=O) groups is 1. The molecule has 0 atom stereocenters. The lowest BCUT2D eigenvalue weighted by molar-refractivity contribution is -0.117. The van der Waals surface area contributed by atoms with E-state index in [-0.39, 0.29) is 11.6 Å². The fraction of sp³-hybridized carbons (Fsp3) is 0.0417. The average molecular weight is 378 g/mol. The first-order chi connectivity index (χ1) is 14.2. The highest BCUT2D eigenvalue weighted by molar-refractivity contribution is 5.98. The molecule has 0 bridgehead atoms. The summed E-state index contributed by atoms with van der Waals surface area (Å²) in [5.74, 6) is -0.480. The van der Waals surface area contributed by atoms with Gasteiger partial charge in [0.15, 0.2) is 0 Å².